The Labute approximate surface area is 114 Å². The van der Waals surface area contributed by atoms with E-state index in [9.17, 15) is 4.79 Å². The second-order valence-electron chi connectivity index (χ2n) is 5.49. The summed E-state index contributed by atoms with van der Waals surface area (Å²) in [5.74, 6) is 1.81. The van der Waals surface area contributed by atoms with Crippen LogP contribution >= 0.6 is 0 Å². The normalized spacial score (nSPS) is 23.7. The van der Waals surface area contributed by atoms with E-state index >= 15 is 0 Å². The van der Waals surface area contributed by atoms with Gasteiger partial charge in [-0.3, -0.25) is 4.79 Å². The molecule has 19 heavy (non-hydrogen) atoms. The summed E-state index contributed by atoms with van der Waals surface area (Å²) in [4.78, 5) is 14.5. The van der Waals surface area contributed by atoms with Crippen LogP contribution in [0.3, 0.4) is 0 Å². The Morgan fingerprint density at radius 1 is 1.58 bits per heavy atom. The number of likely N-dealkylation sites (tertiary alicyclic amines) is 1. The van der Waals surface area contributed by atoms with Gasteiger partial charge in [0, 0.05) is 25.6 Å². The molecule has 0 aromatic carbocycles. The Morgan fingerprint density at radius 2 is 2.32 bits per heavy atom. The zero-order valence-electron chi connectivity index (χ0n) is 12.1. The topological polar surface area (TPSA) is 59.5 Å². The first-order chi connectivity index (χ1) is 9.08. The number of nitrogens with zero attached hydrogens (tertiary/aromatic N) is 1. The maximum absolute atomic E-state index is 12.6. The van der Waals surface area contributed by atoms with Crippen LogP contribution in [0.4, 0.5) is 0 Å². The van der Waals surface area contributed by atoms with Crippen molar-refractivity contribution in [2.75, 3.05) is 13.1 Å². The molecule has 1 aliphatic heterocycles. The van der Waals surface area contributed by atoms with Gasteiger partial charge in [-0.25, -0.2) is 0 Å². The van der Waals surface area contributed by atoms with Crippen LogP contribution in [0.1, 0.15) is 48.6 Å². The van der Waals surface area contributed by atoms with Crippen molar-refractivity contribution in [2.24, 2.45) is 11.7 Å². The van der Waals surface area contributed by atoms with Gasteiger partial charge in [0.15, 0.2) is 5.76 Å². The number of carbonyl (C=O) groups is 1. The SMILES string of the molecule is CCc1oc(C(=O)N2CCC[C@@H](C)[C@H]2CN)cc1C. The van der Waals surface area contributed by atoms with Crippen LogP contribution in [0.5, 0.6) is 0 Å². The lowest BCUT2D eigenvalue weighted by Gasteiger charge is -2.38. The summed E-state index contributed by atoms with van der Waals surface area (Å²) in [7, 11) is 0. The number of carbonyl (C=O) groups excluding carboxylic acids is 1. The summed E-state index contributed by atoms with van der Waals surface area (Å²) in [6.45, 7) is 7.49. The van der Waals surface area contributed by atoms with Crippen molar-refractivity contribution in [1.29, 1.82) is 0 Å². The van der Waals surface area contributed by atoms with Crippen molar-refractivity contribution in [3.05, 3.63) is 23.2 Å². The predicted molar refractivity (Wildman–Crippen MR) is 75.1 cm³/mol. The molecule has 1 amide bonds. The molecule has 2 heterocycles. The monoisotopic (exact) mass is 264 g/mol. The van der Waals surface area contributed by atoms with Gasteiger partial charge in [0.25, 0.3) is 5.91 Å². The molecule has 4 nitrogen and oxygen atoms in total. The molecule has 0 saturated carbocycles. The number of piperidine rings is 1. The van der Waals surface area contributed by atoms with Crippen LogP contribution in [0.15, 0.2) is 10.5 Å². The van der Waals surface area contributed by atoms with Crippen molar-refractivity contribution < 1.29 is 9.21 Å². The minimum atomic E-state index is -0.00944. The van der Waals surface area contributed by atoms with Crippen LogP contribution < -0.4 is 5.73 Å². The molecule has 1 aromatic heterocycles. The summed E-state index contributed by atoms with van der Waals surface area (Å²) in [6, 6.07) is 1.99. The number of rotatable bonds is 3. The lowest BCUT2D eigenvalue weighted by molar-refractivity contribution is 0.0499. The third kappa shape index (κ3) is 2.68. The fourth-order valence-electron chi connectivity index (χ4n) is 2.98. The largest absolute Gasteiger partial charge is 0.456 e. The highest BCUT2D eigenvalue weighted by Gasteiger charge is 2.32. The third-order valence-electron chi connectivity index (χ3n) is 4.17. The number of aryl methyl sites for hydroxylation is 2. The minimum Gasteiger partial charge on any atom is -0.456 e. The van der Waals surface area contributed by atoms with Gasteiger partial charge in [-0.2, -0.15) is 0 Å². The molecule has 0 bridgehead atoms. The third-order valence-corrected chi connectivity index (χ3v) is 4.17. The summed E-state index contributed by atoms with van der Waals surface area (Å²) in [5, 5.41) is 0. The van der Waals surface area contributed by atoms with Gasteiger partial charge in [0.2, 0.25) is 0 Å². The highest BCUT2D eigenvalue weighted by Crippen LogP contribution is 2.25. The van der Waals surface area contributed by atoms with Gasteiger partial charge in [-0.05, 0) is 37.3 Å². The van der Waals surface area contributed by atoms with Gasteiger partial charge in [-0.1, -0.05) is 13.8 Å². The van der Waals surface area contributed by atoms with Crippen molar-refractivity contribution >= 4 is 5.91 Å². The summed E-state index contributed by atoms with van der Waals surface area (Å²) < 4.78 is 5.67. The van der Waals surface area contributed by atoms with Crippen LogP contribution in [0.2, 0.25) is 0 Å². The van der Waals surface area contributed by atoms with Gasteiger partial charge < -0.3 is 15.1 Å². The summed E-state index contributed by atoms with van der Waals surface area (Å²) >= 11 is 0. The van der Waals surface area contributed by atoms with Crippen LogP contribution in [0.25, 0.3) is 0 Å². The quantitative estimate of drug-likeness (QED) is 0.911. The maximum atomic E-state index is 12.6. The van der Waals surface area contributed by atoms with Crippen LogP contribution in [0, 0.1) is 12.8 Å². The molecule has 106 valence electrons. The number of hydrogen-bond acceptors (Lipinski definition) is 3. The highest BCUT2D eigenvalue weighted by molar-refractivity contribution is 5.92. The minimum absolute atomic E-state index is 0.00944. The van der Waals surface area contributed by atoms with E-state index in [2.05, 4.69) is 6.92 Å². The second kappa shape index (κ2) is 5.78. The summed E-state index contributed by atoms with van der Waals surface area (Å²) in [6.07, 6.45) is 3.00. The van der Waals surface area contributed by atoms with E-state index in [0.29, 0.717) is 18.2 Å². The van der Waals surface area contributed by atoms with Crippen molar-refractivity contribution in [3.8, 4) is 0 Å². The zero-order chi connectivity index (χ0) is 14.0. The maximum Gasteiger partial charge on any atom is 0.289 e. The van der Waals surface area contributed by atoms with Gasteiger partial charge in [0.1, 0.15) is 5.76 Å². The fraction of sp³-hybridized carbons (Fsp3) is 0.667. The van der Waals surface area contributed by atoms with Crippen LogP contribution in [-0.4, -0.2) is 29.9 Å². The van der Waals surface area contributed by atoms with Gasteiger partial charge >= 0.3 is 0 Å². The standard InChI is InChI=1S/C15H24N2O2/c1-4-13-11(3)8-14(19-13)15(18)17-7-5-6-10(2)12(17)9-16/h8,10,12H,4-7,9,16H2,1-3H3/t10-,12-/m1/s1. The Balaban J connectivity index is 2.21. The first-order valence-electron chi connectivity index (χ1n) is 7.18. The van der Waals surface area contributed by atoms with Gasteiger partial charge in [-0.15, -0.1) is 0 Å². The van der Waals surface area contributed by atoms with E-state index in [4.69, 9.17) is 10.2 Å². The number of nitrogens with two attached hydrogens (primary N) is 1. The van der Waals surface area contributed by atoms with Crippen molar-refractivity contribution in [1.82, 2.24) is 4.90 Å². The van der Waals surface area contributed by atoms with Gasteiger partial charge in [0.05, 0.1) is 0 Å². The molecule has 1 aromatic rings. The molecule has 0 unspecified atom stereocenters. The Hall–Kier alpha value is -1.29. The Morgan fingerprint density at radius 3 is 2.89 bits per heavy atom. The molecule has 1 saturated heterocycles. The molecule has 0 spiro atoms. The molecule has 4 heteroatoms. The summed E-state index contributed by atoms with van der Waals surface area (Å²) in [5.41, 5.74) is 6.89. The van der Waals surface area contributed by atoms with E-state index in [1.54, 1.807) is 0 Å². The average molecular weight is 264 g/mol. The first kappa shape index (κ1) is 14.1. The Kier molecular flexibility index (Phi) is 4.30. The molecular weight excluding hydrogens is 240 g/mol. The Bertz CT molecular complexity index is 453. The highest BCUT2D eigenvalue weighted by atomic mass is 16.4. The average Bonchev–Trinajstić information content (AvgIpc) is 2.78. The molecule has 1 fully saturated rings. The molecule has 2 N–H and O–H groups in total. The van der Waals surface area contributed by atoms with Crippen molar-refractivity contribution in [2.45, 2.75) is 46.1 Å². The molecule has 0 radical (unpaired) electrons. The molecular formula is C15H24N2O2. The van der Waals surface area contributed by atoms with E-state index in [0.717, 1.165) is 37.1 Å². The van der Waals surface area contributed by atoms with E-state index in [1.165, 1.54) is 0 Å². The second-order valence-corrected chi connectivity index (χ2v) is 5.49. The fourth-order valence-corrected chi connectivity index (χ4v) is 2.98. The zero-order valence-corrected chi connectivity index (χ0v) is 12.1. The number of amides is 1. The molecule has 2 atom stereocenters. The molecule has 1 aliphatic rings. The molecule has 0 aliphatic carbocycles. The first-order valence-corrected chi connectivity index (χ1v) is 7.18. The van der Waals surface area contributed by atoms with E-state index < -0.39 is 0 Å². The number of furan rings is 1. The predicted octanol–water partition coefficient (Wildman–Crippen LogP) is 2.35. The van der Waals surface area contributed by atoms with E-state index in [1.807, 2.05) is 24.8 Å². The number of hydrogen-bond donors (Lipinski definition) is 1. The van der Waals surface area contributed by atoms with Crippen molar-refractivity contribution in [3.63, 3.8) is 0 Å². The van der Waals surface area contributed by atoms with Crippen LogP contribution in [-0.2, 0) is 6.42 Å². The van der Waals surface area contributed by atoms with E-state index in [-0.39, 0.29) is 11.9 Å². The lowest BCUT2D eigenvalue weighted by Crippen LogP contribution is -2.51. The lowest BCUT2D eigenvalue weighted by atomic mass is 9.90. The molecule has 2 rings (SSSR count). The smallest absolute Gasteiger partial charge is 0.289 e.